The second-order valence-corrected chi connectivity index (χ2v) is 6.82. The number of carboxylic acid groups (broad SMARTS) is 1. The summed E-state index contributed by atoms with van der Waals surface area (Å²) >= 11 is 0. The number of hydrogen-bond acceptors (Lipinski definition) is 4. The molecule has 0 radical (unpaired) electrons. The van der Waals surface area contributed by atoms with Crippen LogP contribution in [0.1, 0.15) is 31.7 Å². The zero-order valence-corrected chi connectivity index (χ0v) is 16.0. The quantitative estimate of drug-likeness (QED) is 0.748. The Labute approximate surface area is 159 Å². The number of amides is 2. The first-order valence-electron chi connectivity index (χ1n) is 9.37. The Morgan fingerprint density at radius 1 is 1.19 bits per heavy atom. The van der Waals surface area contributed by atoms with Gasteiger partial charge in [-0.15, -0.1) is 0 Å². The number of aliphatic carboxylic acids is 1. The summed E-state index contributed by atoms with van der Waals surface area (Å²) in [7, 11) is 1.63. The Bertz CT molecular complexity index is 651. The molecular weight excluding hydrogens is 348 g/mol. The van der Waals surface area contributed by atoms with E-state index in [1.807, 2.05) is 31.2 Å². The maximum Gasteiger partial charge on any atom is 0.306 e. The molecule has 1 aromatic carbocycles. The van der Waals surface area contributed by atoms with Crippen LogP contribution in [0.4, 0.5) is 0 Å². The van der Waals surface area contributed by atoms with Crippen LogP contribution in [-0.4, -0.2) is 66.0 Å². The smallest absolute Gasteiger partial charge is 0.306 e. The molecule has 0 aromatic heterocycles. The fourth-order valence-electron chi connectivity index (χ4n) is 3.13. The van der Waals surface area contributed by atoms with Gasteiger partial charge in [-0.05, 0) is 43.9 Å². The highest BCUT2D eigenvalue weighted by Gasteiger charge is 2.27. The van der Waals surface area contributed by atoms with E-state index in [4.69, 9.17) is 9.84 Å². The molecule has 0 saturated carbocycles. The molecule has 0 atom stereocenters. The summed E-state index contributed by atoms with van der Waals surface area (Å²) in [5.74, 6) is -0.582. The van der Waals surface area contributed by atoms with Gasteiger partial charge in [0.1, 0.15) is 5.75 Å². The molecule has 148 valence electrons. The molecule has 1 aliphatic heterocycles. The molecule has 1 saturated heterocycles. The maximum absolute atomic E-state index is 12.3. The van der Waals surface area contributed by atoms with Crippen LogP contribution >= 0.6 is 0 Å². The number of likely N-dealkylation sites (tertiary alicyclic amines) is 1. The van der Waals surface area contributed by atoms with Crippen LogP contribution in [0.2, 0.25) is 0 Å². The van der Waals surface area contributed by atoms with Crippen molar-refractivity contribution in [3.8, 4) is 5.75 Å². The van der Waals surface area contributed by atoms with Crippen molar-refractivity contribution in [1.82, 2.24) is 9.80 Å². The lowest BCUT2D eigenvalue weighted by Crippen LogP contribution is -2.45. The molecule has 1 heterocycles. The molecule has 27 heavy (non-hydrogen) atoms. The summed E-state index contributed by atoms with van der Waals surface area (Å²) in [5.41, 5.74) is 1.04. The number of likely N-dealkylation sites (N-methyl/N-ethyl adjacent to an activating group) is 1. The standard InChI is InChI=1S/C20H28N2O5/c1-3-27-17-7-4-15(5-8-17)6-9-18(23)21(2)14-19(24)22-12-10-16(11-13-22)20(25)26/h4-5,7-8,16H,3,6,9-14H2,1-2H3,(H,25,26). The molecule has 1 aliphatic rings. The molecule has 0 bridgehead atoms. The van der Waals surface area contributed by atoms with Gasteiger partial charge in [-0.3, -0.25) is 14.4 Å². The lowest BCUT2D eigenvalue weighted by atomic mass is 9.97. The minimum absolute atomic E-state index is 0.0276. The second-order valence-electron chi connectivity index (χ2n) is 6.82. The minimum atomic E-state index is -0.802. The molecule has 7 heteroatoms. The summed E-state index contributed by atoms with van der Waals surface area (Å²) in [6, 6.07) is 7.65. The van der Waals surface area contributed by atoms with Gasteiger partial charge in [0.15, 0.2) is 0 Å². The number of nitrogens with zero attached hydrogens (tertiary/aromatic N) is 2. The van der Waals surface area contributed by atoms with Crippen molar-refractivity contribution in [2.75, 3.05) is 33.3 Å². The van der Waals surface area contributed by atoms with Gasteiger partial charge in [0.2, 0.25) is 11.8 Å². The Kier molecular flexibility index (Phi) is 7.64. The highest BCUT2D eigenvalue weighted by atomic mass is 16.5. The van der Waals surface area contributed by atoms with Gasteiger partial charge in [-0.25, -0.2) is 0 Å². The van der Waals surface area contributed by atoms with Gasteiger partial charge in [-0.2, -0.15) is 0 Å². The number of carbonyl (C=O) groups excluding carboxylic acids is 2. The van der Waals surface area contributed by atoms with Gasteiger partial charge < -0.3 is 19.6 Å². The average Bonchev–Trinajstić information content (AvgIpc) is 2.67. The SMILES string of the molecule is CCOc1ccc(CCC(=O)N(C)CC(=O)N2CCC(C(=O)O)CC2)cc1. The maximum atomic E-state index is 12.3. The summed E-state index contributed by atoms with van der Waals surface area (Å²) in [5, 5.41) is 9.01. The molecule has 1 aromatic rings. The largest absolute Gasteiger partial charge is 0.494 e. The van der Waals surface area contributed by atoms with Crippen molar-refractivity contribution < 1.29 is 24.2 Å². The van der Waals surface area contributed by atoms with E-state index in [-0.39, 0.29) is 24.3 Å². The van der Waals surface area contributed by atoms with Gasteiger partial charge in [-0.1, -0.05) is 12.1 Å². The molecule has 2 amide bonds. The number of carbonyl (C=O) groups is 3. The van der Waals surface area contributed by atoms with Gasteiger partial charge >= 0.3 is 5.97 Å². The first kappa shape index (κ1) is 20.7. The van der Waals surface area contributed by atoms with Gasteiger partial charge in [0.25, 0.3) is 0 Å². The van der Waals surface area contributed by atoms with E-state index in [0.29, 0.717) is 45.4 Å². The summed E-state index contributed by atoms with van der Waals surface area (Å²) in [4.78, 5) is 38.7. The molecule has 1 N–H and O–H groups in total. The monoisotopic (exact) mass is 376 g/mol. The fourth-order valence-corrected chi connectivity index (χ4v) is 3.13. The van der Waals surface area contributed by atoms with Gasteiger partial charge in [0, 0.05) is 26.6 Å². The molecule has 0 unspecified atom stereocenters. The molecule has 1 fully saturated rings. The Morgan fingerprint density at radius 3 is 2.37 bits per heavy atom. The van der Waals surface area contributed by atoms with Crippen molar-refractivity contribution in [1.29, 1.82) is 0 Å². The van der Waals surface area contributed by atoms with Crippen molar-refractivity contribution in [3.63, 3.8) is 0 Å². The van der Waals surface area contributed by atoms with E-state index in [1.54, 1.807) is 11.9 Å². The van der Waals surface area contributed by atoms with Crippen LogP contribution < -0.4 is 4.74 Å². The fraction of sp³-hybridized carbons (Fsp3) is 0.550. The van der Waals surface area contributed by atoms with E-state index in [0.717, 1.165) is 11.3 Å². The third kappa shape index (κ3) is 6.27. The highest BCUT2D eigenvalue weighted by molar-refractivity contribution is 5.85. The normalized spacial score (nSPS) is 14.7. The molecular formula is C20H28N2O5. The number of aryl methyl sites for hydroxylation is 1. The number of benzene rings is 1. The number of carboxylic acids is 1. The number of ether oxygens (including phenoxy) is 1. The number of hydrogen-bond donors (Lipinski definition) is 1. The summed E-state index contributed by atoms with van der Waals surface area (Å²) in [6.07, 6.45) is 1.87. The second kappa shape index (κ2) is 9.94. The minimum Gasteiger partial charge on any atom is -0.494 e. The zero-order valence-electron chi connectivity index (χ0n) is 16.0. The van der Waals surface area contributed by atoms with Crippen LogP contribution in [0.15, 0.2) is 24.3 Å². The van der Waals surface area contributed by atoms with Crippen LogP contribution in [-0.2, 0) is 20.8 Å². The van der Waals surface area contributed by atoms with Gasteiger partial charge in [0.05, 0.1) is 19.1 Å². The number of piperidine rings is 1. The third-order valence-corrected chi connectivity index (χ3v) is 4.86. The molecule has 0 aliphatic carbocycles. The lowest BCUT2D eigenvalue weighted by molar-refractivity contribution is -0.146. The summed E-state index contributed by atoms with van der Waals surface area (Å²) in [6.45, 7) is 3.44. The Balaban J connectivity index is 1.74. The predicted molar refractivity (Wildman–Crippen MR) is 101 cm³/mol. The Hall–Kier alpha value is -2.57. The first-order valence-corrected chi connectivity index (χ1v) is 9.37. The van der Waals surface area contributed by atoms with E-state index < -0.39 is 5.97 Å². The van der Waals surface area contributed by atoms with Crippen LogP contribution in [0.3, 0.4) is 0 Å². The van der Waals surface area contributed by atoms with Crippen LogP contribution in [0.25, 0.3) is 0 Å². The van der Waals surface area contributed by atoms with E-state index in [2.05, 4.69) is 0 Å². The van der Waals surface area contributed by atoms with Crippen LogP contribution in [0.5, 0.6) is 5.75 Å². The van der Waals surface area contributed by atoms with Crippen molar-refractivity contribution >= 4 is 17.8 Å². The summed E-state index contributed by atoms with van der Waals surface area (Å²) < 4.78 is 5.40. The van der Waals surface area contributed by atoms with Crippen molar-refractivity contribution in [3.05, 3.63) is 29.8 Å². The topological polar surface area (TPSA) is 87.2 Å². The van der Waals surface area contributed by atoms with E-state index in [9.17, 15) is 14.4 Å². The van der Waals surface area contributed by atoms with E-state index >= 15 is 0 Å². The predicted octanol–water partition coefficient (Wildman–Crippen LogP) is 1.80. The third-order valence-electron chi connectivity index (χ3n) is 4.86. The Morgan fingerprint density at radius 2 is 1.81 bits per heavy atom. The molecule has 2 rings (SSSR count). The van der Waals surface area contributed by atoms with Crippen molar-refractivity contribution in [2.45, 2.75) is 32.6 Å². The first-order chi connectivity index (χ1) is 12.9. The molecule has 0 spiro atoms. The van der Waals surface area contributed by atoms with E-state index in [1.165, 1.54) is 4.90 Å². The molecule has 7 nitrogen and oxygen atoms in total. The average molecular weight is 376 g/mol. The lowest BCUT2D eigenvalue weighted by Gasteiger charge is -2.31. The highest BCUT2D eigenvalue weighted by Crippen LogP contribution is 2.17. The zero-order chi connectivity index (χ0) is 19.8. The van der Waals surface area contributed by atoms with Crippen LogP contribution in [0, 0.1) is 5.92 Å². The number of rotatable bonds is 8. The van der Waals surface area contributed by atoms with Crippen molar-refractivity contribution in [2.24, 2.45) is 5.92 Å².